The van der Waals surface area contributed by atoms with Crippen LogP contribution in [0.15, 0.2) is 42.7 Å². The summed E-state index contributed by atoms with van der Waals surface area (Å²) in [6, 6.07) is 9.40. The molecule has 1 atom stereocenters. The summed E-state index contributed by atoms with van der Waals surface area (Å²) in [5.41, 5.74) is 3.88. The maximum Gasteiger partial charge on any atom is 0.229 e. The van der Waals surface area contributed by atoms with E-state index in [0.29, 0.717) is 12.2 Å². The average Bonchev–Trinajstić information content (AvgIpc) is 2.93. The van der Waals surface area contributed by atoms with Gasteiger partial charge in [-0.1, -0.05) is 6.07 Å². The van der Waals surface area contributed by atoms with Crippen molar-refractivity contribution in [2.45, 2.75) is 20.3 Å². The quantitative estimate of drug-likeness (QED) is 0.948. The van der Waals surface area contributed by atoms with Gasteiger partial charge in [0.25, 0.3) is 0 Å². The molecule has 0 aliphatic carbocycles. The monoisotopic (exact) mass is 309 g/mol. The van der Waals surface area contributed by atoms with Gasteiger partial charge in [-0.25, -0.2) is 0 Å². The Bertz CT molecular complexity index is 743. The Morgan fingerprint density at radius 3 is 2.61 bits per heavy atom. The van der Waals surface area contributed by atoms with Gasteiger partial charge in [-0.3, -0.25) is 14.6 Å². The van der Waals surface area contributed by atoms with Crippen molar-refractivity contribution in [2.75, 3.05) is 16.8 Å². The number of carbonyl (C=O) groups excluding carboxylic acids is 2. The number of rotatable bonds is 3. The van der Waals surface area contributed by atoms with Gasteiger partial charge in [0.2, 0.25) is 11.8 Å². The van der Waals surface area contributed by atoms with Crippen LogP contribution in [0.2, 0.25) is 0 Å². The molecule has 1 aliphatic rings. The first-order valence-corrected chi connectivity index (χ1v) is 7.63. The van der Waals surface area contributed by atoms with Gasteiger partial charge in [-0.05, 0) is 49.2 Å². The van der Waals surface area contributed by atoms with Gasteiger partial charge < -0.3 is 10.2 Å². The number of aryl methyl sites for hydroxylation is 2. The van der Waals surface area contributed by atoms with Gasteiger partial charge in [0.15, 0.2) is 0 Å². The largest absolute Gasteiger partial charge is 0.326 e. The molecule has 0 saturated carbocycles. The molecule has 1 aromatic carbocycles. The molecule has 2 aromatic rings. The fourth-order valence-electron chi connectivity index (χ4n) is 2.71. The van der Waals surface area contributed by atoms with Crippen molar-refractivity contribution < 1.29 is 9.59 Å². The summed E-state index contributed by atoms with van der Waals surface area (Å²) in [4.78, 5) is 30.2. The van der Waals surface area contributed by atoms with E-state index >= 15 is 0 Å². The molecule has 1 aliphatic heterocycles. The molecular weight excluding hydrogens is 290 g/mol. The van der Waals surface area contributed by atoms with E-state index in [1.807, 2.05) is 32.0 Å². The van der Waals surface area contributed by atoms with Crippen LogP contribution < -0.4 is 10.2 Å². The number of hydrogen-bond donors (Lipinski definition) is 1. The Labute approximate surface area is 135 Å². The van der Waals surface area contributed by atoms with Crippen LogP contribution >= 0.6 is 0 Å². The number of nitrogens with zero attached hydrogens (tertiary/aromatic N) is 2. The number of amides is 2. The summed E-state index contributed by atoms with van der Waals surface area (Å²) in [6.45, 7) is 4.47. The highest BCUT2D eigenvalue weighted by molar-refractivity contribution is 6.03. The van der Waals surface area contributed by atoms with E-state index in [0.717, 1.165) is 11.3 Å². The molecule has 0 unspecified atom stereocenters. The third-order valence-electron chi connectivity index (χ3n) is 4.25. The van der Waals surface area contributed by atoms with Gasteiger partial charge in [0.1, 0.15) is 0 Å². The maximum atomic E-state index is 12.3. The summed E-state index contributed by atoms with van der Waals surface area (Å²) in [7, 11) is 0. The first-order chi connectivity index (χ1) is 11.0. The van der Waals surface area contributed by atoms with Crippen LogP contribution in [0, 0.1) is 19.8 Å². The number of benzene rings is 1. The molecular formula is C18H19N3O2. The highest BCUT2D eigenvalue weighted by Crippen LogP contribution is 2.27. The highest BCUT2D eigenvalue weighted by atomic mass is 16.2. The Kier molecular flexibility index (Phi) is 4.10. The van der Waals surface area contributed by atoms with Gasteiger partial charge >= 0.3 is 0 Å². The lowest BCUT2D eigenvalue weighted by Crippen LogP contribution is -2.28. The van der Waals surface area contributed by atoms with Crippen LogP contribution in [-0.4, -0.2) is 23.3 Å². The van der Waals surface area contributed by atoms with Crippen LogP contribution in [0.5, 0.6) is 0 Å². The lowest BCUT2D eigenvalue weighted by atomic mass is 10.1. The summed E-state index contributed by atoms with van der Waals surface area (Å²) in [5, 5.41) is 2.84. The molecule has 118 valence electrons. The van der Waals surface area contributed by atoms with Gasteiger partial charge in [0.05, 0.1) is 5.92 Å². The number of carbonyl (C=O) groups is 2. The minimum absolute atomic E-state index is 0.0110. The zero-order valence-corrected chi connectivity index (χ0v) is 13.2. The maximum absolute atomic E-state index is 12.3. The van der Waals surface area contributed by atoms with Crippen molar-refractivity contribution in [3.05, 3.63) is 53.9 Å². The van der Waals surface area contributed by atoms with E-state index in [4.69, 9.17) is 0 Å². The molecule has 23 heavy (non-hydrogen) atoms. The molecule has 1 N–H and O–H groups in total. The topological polar surface area (TPSA) is 62.3 Å². The lowest BCUT2D eigenvalue weighted by molar-refractivity contribution is -0.122. The predicted molar refractivity (Wildman–Crippen MR) is 89.2 cm³/mol. The normalized spacial score (nSPS) is 17.4. The summed E-state index contributed by atoms with van der Waals surface area (Å²) in [6.07, 6.45) is 3.48. The molecule has 1 aromatic heterocycles. The molecule has 0 spiro atoms. The van der Waals surface area contributed by atoms with E-state index in [-0.39, 0.29) is 24.2 Å². The smallest absolute Gasteiger partial charge is 0.229 e. The standard InChI is InChI=1S/C18H19N3O2/c1-12-3-4-16(9-13(12)2)21-11-14(10-17(21)22)18(23)20-15-5-7-19-8-6-15/h3-9,14H,10-11H2,1-2H3,(H,19,20,23)/t14-/m0/s1. The Hall–Kier alpha value is -2.69. The zero-order valence-electron chi connectivity index (χ0n) is 13.2. The second kappa shape index (κ2) is 6.20. The Balaban J connectivity index is 1.71. The minimum Gasteiger partial charge on any atom is -0.326 e. The van der Waals surface area contributed by atoms with E-state index in [2.05, 4.69) is 10.3 Å². The predicted octanol–water partition coefficient (Wildman–Crippen LogP) is 2.69. The molecule has 5 nitrogen and oxygen atoms in total. The Morgan fingerprint density at radius 2 is 1.91 bits per heavy atom. The van der Waals surface area contributed by atoms with Gasteiger partial charge in [-0.2, -0.15) is 0 Å². The van der Waals surface area contributed by atoms with E-state index in [1.165, 1.54) is 5.56 Å². The van der Waals surface area contributed by atoms with Gasteiger partial charge in [-0.15, -0.1) is 0 Å². The van der Waals surface area contributed by atoms with Gasteiger partial charge in [0, 0.05) is 36.7 Å². The third-order valence-corrected chi connectivity index (χ3v) is 4.25. The number of aromatic nitrogens is 1. The highest BCUT2D eigenvalue weighted by Gasteiger charge is 2.35. The van der Waals surface area contributed by atoms with Crippen LogP contribution in [0.1, 0.15) is 17.5 Å². The van der Waals surface area contributed by atoms with E-state index in [1.54, 1.807) is 29.4 Å². The molecule has 1 fully saturated rings. The average molecular weight is 309 g/mol. The fourth-order valence-corrected chi connectivity index (χ4v) is 2.71. The zero-order chi connectivity index (χ0) is 16.4. The third kappa shape index (κ3) is 3.23. The van der Waals surface area contributed by atoms with Crippen LogP contribution in [0.4, 0.5) is 11.4 Å². The van der Waals surface area contributed by atoms with Crippen molar-refractivity contribution in [3.63, 3.8) is 0 Å². The van der Waals surface area contributed by atoms with Crippen molar-refractivity contribution in [2.24, 2.45) is 5.92 Å². The molecule has 2 amide bonds. The van der Waals surface area contributed by atoms with Crippen molar-refractivity contribution in [3.8, 4) is 0 Å². The summed E-state index contributed by atoms with van der Waals surface area (Å²) >= 11 is 0. The Morgan fingerprint density at radius 1 is 1.17 bits per heavy atom. The molecule has 0 radical (unpaired) electrons. The summed E-state index contributed by atoms with van der Waals surface area (Å²) < 4.78 is 0. The fraction of sp³-hybridized carbons (Fsp3) is 0.278. The molecule has 2 heterocycles. The van der Waals surface area contributed by atoms with Crippen molar-refractivity contribution in [1.29, 1.82) is 0 Å². The SMILES string of the molecule is Cc1ccc(N2C[C@@H](C(=O)Nc3ccncc3)CC2=O)cc1C. The van der Waals surface area contributed by atoms with Crippen molar-refractivity contribution in [1.82, 2.24) is 4.98 Å². The van der Waals surface area contributed by atoms with Crippen LogP contribution in [-0.2, 0) is 9.59 Å². The van der Waals surface area contributed by atoms with Crippen LogP contribution in [0.3, 0.4) is 0 Å². The molecule has 1 saturated heterocycles. The number of anilines is 2. The number of nitrogens with one attached hydrogen (secondary N) is 1. The van der Waals surface area contributed by atoms with Crippen molar-refractivity contribution >= 4 is 23.2 Å². The van der Waals surface area contributed by atoms with E-state index in [9.17, 15) is 9.59 Å². The second-order valence-electron chi connectivity index (χ2n) is 5.90. The summed E-state index contributed by atoms with van der Waals surface area (Å²) in [5.74, 6) is -0.476. The number of hydrogen-bond acceptors (Lipinski definition) is 3. The van der Waals surface area contributed by atoms with E-state index < -0.39 is 0 Å². The molecule has 3 rings (SSSR count). The minimum atomic E-state index is -0.336. The lowest BCUT2D eigenvalue weighted by Gasteiger charge is -2.18. The molecule has 5 heteroatoms. The first kappa shape index (κ1) is 15.2. The first-order valence-electron chi connectivity index (χ1n) is 7.63. The second-order valence-corrected chi connectivity index (χ2v) is 5.90. The molecule has 0 bridgehead atoms. The van der Waals surface area contributed by atoms with Crippen LogP contribution in [0.25, 0.3) is 0 Å². The number of pyridine rings is 1.